The lowest BCUT2D eigenvalue weighted by Crippen LogP contribution is -2.27. The van der Waals surface area contributed by atoms with Crippen molar-refractivity contribution in [2.75, 3.05) is 11.4 Å². The summed E-state index contributed by atoms with van der Waals surface area (Å²) in [5, 5.41) is -0.932. The second-order valence-corrected chi connectivity index (χ2v) is 6.48. The van der Waals surface area contributed by atoms with Crippen LogP contribution in [-0.2, 0) is 15.0 Å². The highest BCUT2D eigenvalue weighted by Gasteiger charge is 2.39. The zero-order valence-corrected chi connectivity index (χ0v) is 11.5. The molecule has 1 fully saturated rings. The molecule has 98 valence electrons. The third-order valence-corrected chi connectivity index (χ3v) is 4.44. The van der Waals surface area contributed by atoms with Gasteiger partial charge >= 0.3 is 10.2 Å². The van der Waals surface area contributed by atoms with Crippen molar-refractivity contribution in [2.45, 2.75) is 16.6 Å². The number of anilines is 1. The van der Waals surface area contributed by atoms with Crippen LogP contribution in [0.3, 0.4) is 0 Å². The number of halogens is 2. The highest BCUT2D eigenvalue weighted by molar-refractivity contribution is 7.87. The summed E-state index contributed by atoms with van der Waals surface area (Å²) in [6, 6.07) is 4.68. The van der Waals surface area contributed by atoms with Gasteiger partial charge in [0.1, 0.15) is 5.25 Å². The molecule has 1 aromatic carbocycles. The molecule has 4 nitrogen and oxygen atoms in total. The lowest BCUT2D eigenvalue weighted by atomic mass is 10.3. The summed E-state index contributed by atoms with van der Waals surface area (Å²) in [5.74, 6) is -0.459. The lowest BCUT2D eigenvalue weighted by Gasteiger charge is -2.18. The van der Waals surface area contributed by atoms with Gasteiger partial charge in [-0.3, -0.25) is 4.79 Å². The van der Waals surface area contributed by atoms with Crippen molar-refractivity contribution in [2.24, 2.45) is 0 Å². The van der Waals surface area contributed by atoms with E-state index >= 15 is 0 Å². The Morgan fingerprint density at radius 3 is 2.67 bits per heavy atom. The van der Waals surface area contributed by atoms with Gasteiger partial charge in [-0.05, 0) is 18.2 Å². The molecule has 1 aliphatic rings. The molecular weight excluding hydrogens is 301 g/mol. The SMILES string of the molecule is O=C1CC(S(=O)(=O)F)CN1c1cc(Cl)ccc1S. The Balaban J connectivity index is 2.35. The Morgan fingerprint density at radius 2 is 2.11 bits per heavy atom. The average Bonchev–Trinajstić information content (AvgIpc) is 2.64. The monoisotopic (exact) mass is 309 g/mol. The molecule has 2 rings (SSSR count). The van der Waals surface area contributed by atoms with Gasteiger partial charge in [0.2, 0.25) is 5.91 Å². The summed E-state index contributed by atoms with van der Waals surface area (Å²) in [7, 11) is -4.72. The van der Waals surface area contributed by atoms with Crippen molar-refractivity contribution in [1.82, 2.24) is 0 Å². The molecule has 1 amide bonds. The third kappa shape index (κ3) is 2.62. The minimum absolute atomic E-state index is 0.217. The van der Waals surface area contributed by atoms with Gasteiger partial charge in [0, 0.05) is 22.9 Å². The van der Waals surface area contributed by atoms with E-state index in [1.165, 1.54) is 11.0 Å². The maximum Gasteiger partial charge on any atom is 0.307 e. The van der Waals surface area contributed by atoms with Crippen molar-refractivity contribution in [1.29, 1.82) is 0 Å². The summed E-state index contributed by atoms with van der Waals surface area (Å²) in [6.45, 7) is -0.217. The van der Waals surface area contributed by atoms with Crippen LogP contribution >= 0.6 is 24.2 Å². The Morgan fingerprint density at radius 1 is 1.44 bits per heavy atom. The van der Waals surface area contributed by atoms with Crippen LogP contribution in [0, 0.1) is 0 Å². The Kier molecular flexibility index (Phi) is 3.57. The second-order valence-electron chi connectivity index (χ2n) is 3.94. The van der Waals surface area contributed by atoms with E-state index in [9.17, 15) is 17.1 Å². The lowest BCUT2D eigenvalue weighted by molar-refractivity contribution is -0.117. The molecule has 1 heterocycles. The number of nitrogens with zero attached hydrogens (tertiary/aromatic N) is 1. The minimum Gasteiger partial charge on any atom is -0.310 e. The molecule has 1 saturated heterocycles. The molecule has 1 aliphatic heterocycles. The number of hydrogen-bond donors (Lipinski definition) is 1. The zero-order valence-electron chi connectivity index (χ0n) is 9.01. The van der Waals surface area contributed by atoms with Gasteiger partial charge in [-0.1, -0.05) is 11.6 Å². The number of thiol groups is 1. The van der Waals surface area contributed by atoms with Gasteiger partial charge < -0.3 is 4.90 Å². The Hall–Kier alpha value is -0.790. The van der Waals surface area contributed by atoms with E-state index in [-0.39, 0.29) is 13.0 Å². The van der Waals surface area contributed by atoms with Crippen molar-refractivity contribution >= 4 is 46.0 Å². The second kappa shape index (κ2) is 4.71. The number of carbonyl (C=O) groups excluding carboxylic acids is 1. The molecule has 1 atom stereocenters. The molecule has 0 aliphatic carbocycles. The van der Waals surface area contributed by atoms with Crippen LogP contribution in [0.25, 0.3) is 0 Å². The molecule has 0 bridgehead atoms. The van der Waals surface area contributed by atoms with E-state index < -0.39 is 21.4 Å². The minimum atomic E-state index is -4.72. The van der Waals surface area contributed by atoms with Gasteiger partial charge in [0.15, 0.2) is 0 Å². The Labute approximate surface area is 114 Å². The maximum atomic E-state index is 12.9. The van der Waals surface area contributed by atoms with Gasteiger partial charge in [-0.15, -0.1) is 16.5 Å². The smallest absolute Gasteiger partial charge is 0.307 e. The van der Waals surface area contributed by atoms with E-state index in [1.807, 2.05) is 0 Å². The van der Waals surface area contributed by atoms with Crippen molar-refractivity contribution < 1.29 is 17.1 Å². The van der Waals surface area contributed by atoms with E-state index in [0.29, 0.717) is 15.6 Å². The summed E-state index contributed by atoms with van der Waals surface area (Å²) in [4.78, 5) is 13.4. The predicted molar refractivity (Wildman–Crippen MR) is 69.5 cm³/mol. The quantitative estimate of drug-likeness (QED) is 0.672. The summed E-state index contributed by atoms with van der Waals surface area (Å²) in [5.41, 5.74) is 0.391. The van der Waals surface area contributed by atoms with Crippen LogP contribution in [0.4, 0.5) is 9.57 Å². The molecule has 0 radical (unpaired) electrons. The normalized spacial score (nSPS) is 20.5. The zero-order chi connectivity index (χ0) is 13.5. The first kappa shape index (κ1) is 13.6. The standard InChI is InChI=1S/C10H9ClFNO3S2/c11-6-1-2-9(17)8(3-6)13-5-7(4-10(13)14)18(12,15)16/h1-3,7,17H,4-5H2. The van der Waals surface area contributed by atoms with Crippen molar-refractivity contribution in [3.63, 3.8) is 0 Å². The first-order valence-corrected chi connectivity index (χ1v) is 7.28. The van der Waals surface area contributed by atoms with Crippen molar-refractivity contribution in [3.05, 3.63) is 23.2 Å². The number of rotatable bonds is 2. The van der Waals surface area contributed by atoms with Gasteiger partial charge in [-0.2, -0.15) is 8.42 Å². The van der Waals surface area contributed by atoms with Crippen LogP contribution in [0.1, 0.15) is 6.42 Å². The van der Waals surface area contributed by atoms with Crippen LogP contribution in [0.2, 0.25) is 5.02 Å². The molecule has 1 aromatic rings. The molecule has 0 spiro atoms. The van der Waals surface area contributed by atoms with E-state index in [1.54, 1.807) is 12.1 Å². The molecular formula is C10H9ClFNO3S2. The van der Waals surface area contributed by atoms with Gasteiger partial charge in [-0.25, -0.2) is 0 Å². The number of benzene rings is 1. The number of amides is 1. The van der Waals surface area contributed by atoms with E-state index in [0.717, 1.165) is 0 Å². The van der Waals surface area contributed by atoms with Crippen LogP contribution in [0.5, 0.6) is 0 Å². The fourth-order valence-electron chi connectivity index (χ4n) is 1.81. The largest absolute Gasteiger partial charge is 0.310 e. The average molecular weight is 310 g/mol. The highest BCUT2D eigenvalue weighted by atomic mass is 35.5. The maximum absolute atomic E-state index is 12.9. The number of carbonyl (C=O) groups is 1. The summed E-state index contributed by atoms with van der Waals surface area (Å²) >= 11 is 9.97. The molecule has 0 saturated carbocycles. The van der Waals surface area contributed by atoms with Gasteiger partial charge in [0.25, 0.3) is 0 Å². The molecule has 8 heteroatoms. The number of hydrogen-bond acceptors (Lipinski definition) is 4. The van der Waals surface area contributed by atoms with Crippen molar-refractivity contribution in [3.8, 4) is 0 Å². The predicted octanol–water partition coefficient (Wildman–Crippen LogP) is 2.03. The first-order chi connectivity index (χ1) is 8.29. The molecule has 18 heavy (non-hydrogen) atoms. The Bertz CT molecular complexity index is 605. The first-order valence-electron chi connectivity index (χ1n) is 5.01. The molecule has 0 N–H and O–H groups in total. The van der Waals surface area contributed by atoms with Crippen LogP contribution < -0.4 is 4.90 Å². The summed E-state index contributed by atoms with van der Waals surface area (Å²) in [6.07, 6.45) is -0.363. The summed E-state index contributed by atoms with van der Waals surface area (Å²) < 4.78 is 34.5. The van der Waals surface area contributed by atoms with E-state index in [2.05, 4.69) is 12.6 Å². The van der Waals surface area contributed by atoms with Crippen LogP contribution in [-0.4, -0.2) is 26.1 Å². The molecule has 0 aromatic heterocycles. The fourth-order valence-corrected chi connectivity index (χ4v) is 2.90. The fraction of sp³-hybridized carbons (Fsp3) is 0.300. The van der Waals surface area contributed by atoms with E-state index in [4.69, 9.17) is 11.6 Å². The van der Waals surface area contributed by atoms with Crippen LogP contribution in [0.15, 0.2) is 23.1 Å². The highest BCUT2D eigenvalue weighted by Crippen LogP contribution is 2.32. The molecule has 1 unspecified atom stereocenters. The van der Waals surface area contributed by atoms with Gasteiger partial charge in [0.05, 0.1) is 5.69 Å². The topological polar surface area (TPSA) is 54.5 Å². The third-order valence-electron chi connectivity index (χ3n) is 2.72.